The summed E-state index contributed by atoms with van der Waals surface area (Å²) >= 11 is 6.66. The molecular formula is C59H71ClN10O13. The third kappa shape index (κ3) is 16.8. The molecule has 0 saturated carbocycles. The van der Waals surface area contributed by atoms with Gasteiger partial charge in [0.1, 0.15) is 41.1 Å². The van der Waals surface area contributed by atoms with Gasteiger partial charge < -0.3 is 75.5 Å². The van der Waals surface area contributed by atoms with Gasteiger partial charge in [-0.05, 0) is 111 Å². The molecule has 3 heterocycles. The van der Waals surface area contributed by atoms with Crippen LogP contribution in [0.1, 0.15) is 83.5 Å². The lowest BCUT2D eigenvalue weighted by Crippen LogP contribution is -2.42. The van der Waals surface area contributed by atoms with Gasteiger partial charge in [0.2, 0.25) is 12.3 Å². The number of rotatable bonds is 29. The molecule has 4 aromatic carbocycles. The summed E-state index contributed by atoms with van der Waals surface area (Å²) < 4.78 is 29.0. The second kappa shape index (κ2) is 29.5. The van der Waals surface area contributed by atoms with Crippen LogP contribution < -0.4 is 41.4 Å². The average molecular weight is 1160 g/mol. The largest absolute Gasteiger partial charge is 0.488 e. The van der Waals surface area contributed by atoms with Gasteiger partial charge in [-0.15, -0.1) is 11.6 Å². The maximum absolute atomic E-state index is 14.7. The second-order valence-corrected chi connectivity index (χ2v) is 20.6. The SMILES string of the molecule is CCOCCC(C)(C)Oc1ccc(C(=O)Nc2cnc3[nH]c(C(=O)N4C[C@@H](CCl)c5c4cc(OC(=O)N(CCOCCO)CCN(C)C(=O)OCc4ccc(NC(=O)[C@H](CCCNC(N)=O)NC=O)cc4)c4cccc(C)c54)cc3c2)cc1. The van der Waals surface area contributed by atoms with E-state index in [0.717, 1.165) is 16.5 Å². The number of carbonyl (C=O) groups is 7. The van der Waals surface area contributed by atoms with Crippen LogP contribution in [0.15, 0.2) is 91.1 Å². The van der Waals surface area contributed by atoms with E-state index in [4.69, 9.17) is 41.0 Å². The number of fused-ring (bicyclic) bond motifs is 4. The van der Waals surface area contributed by atoms with Crippen molar-refractivity contribution in [2.45, 2.75) is 71.1 Å². The number of urea groups is 1. The highest BCUT2D eigenvalue weighted by Crippen LogP contribution is 2.47. The molecule has 1 aliphatic heterocycles. The Kier molecular flexibility index (Phi) is 22.0. The lowest BCUT2D eigenvalue weighted by atomic mass is 9.92. The molecule has 0 aliphatic carbocycles. The van der Waals surface area contributed by atoms with Crippen molar-refractivity contribution in [3.63, 3.8) is 0 Å². The van der Waals surface area contributed by atoms with Crippen molar-refractivity contribution in [1.82, 2.24) is 30.4 Å². The molecule has 2 aromatic heterocycles. The Bertz CT molecular complexity index is 3250. The molecule has 0 unspecified atom stereocenters. The van der Waals surface area contributed by atoms with E-state index >= 15 is 0 Å². The highest BCUT2D eigenvalue weighted by atomic mass is 35.5. The van der Waals surface area contributed by atoms with Crippen molar-refractivity contribution in [1.29, 1.82) is 0 Å². The van der Waals surface area contributed by atoms with Crippen molar-refractivity contribution in [2.75, 3.05) is 94.2 Å². The molecule has 442 valence electrons. The number of primary amides is 1. The van der Waals surface area contributed by atoms with Gasteiger partial charge in [-0.3, -0.25) is 19.2 Å². The number of aliphatic hydroxyl groups excluding tert-OH is 1. The first-order chi connectivity index (χ1) is 39.9. The second-order valence-electron chi connectivity index (χ2n) is 20.3. The van der Waals surface area contributed by atoms with Crippen molar-refractivity contribution in [3.05, 3.63) is 119 Å². The number of nitrogens with two attached hydrogens (primary N) is 1. The molecule has 8 N–H and O–H groups in total. The number of H-pyrrole nitrogens is 1. The smallest absolute Gasteiger partial charge is 0.415 e. The van der Waals surface area contributed by atoms with Crippen LogP contribution >= 0.6 is 11.6 Å². The summed E-state index contributed by atoms with van der Waals surface area (Å²) in [6, 6.07) is 22.5. The van der Waals surface area contributed by atoms with E-state index in [0.29, 0.717) is 82.8 Å². The predicted molar refractivity (Wildman–Crippen MR) is 313 cm³/mol. The zero-order valence-electron chi connectivity index (χ0n) is 47.1. The molecule has 83 heavy (non-hydrogen) atoms. The van der Waals surface area contributed by atoms with Crippen molar-refractivity contribution >= 4 is 92.8 Å². The fourth-order valence-corrected chi connectivity index (χ4v) is 9.61. The van der Waals surface area contributed by atoms with Crippen LogP contribution in [-0.4, -0.2) is 158 Å². The van der Waals surface area contributed by atoms with E-state index in [9.17, 15) is 38.7 Å². The number of likely N-dealkylation sites (N-methyl/N-ethyl adjacent to an activating group) is 1. The Labute approximate surface area is 485 Å². The molecule has 1 aliphatic rings. The van der Waals surface area contributed by atoms with Gasteiger partial charge in [-0.25, -0.2) is 19.4 Å². The molecule has 2 atom stereocenters. The molecule has 0 bridgehead atoms. The first-order valence-electron chi connectivity index (χ1n) is 27.2. The number of benzene rings is 4. The van der Waals surface area contributed by atoms with Crippen LogP contribution in [0.5, 0.6) is 11.5 Å². The van der Waals surface area contributed by atoms with Gasteiger partial charge in [-0.2, -0.15) is 0 Å². The minimum Gasteiger partial charge on any atom is -0.488 e. The standard InChI is InChI=1S/C59H71ClN10O13/c1-6-79-26-20-59(3,4)83-44-18-14-39(15-19-44)53(73)66-43-29-40-30-47(67-52(40)63-33-43)55(75)70-34-41(32-60)51-48(70)31-49(45-10-7-9-37(2)50(45)51)82-58(78)69(24-27-80-28-25-71)23-22-68(5)57(77)81-35-38-12-16-42(17-13-38)65-54(74)46(64-36-72)11-8-21-62-56(61)76/h7,9-10,12-19,29-31,33,36,41,46,71H,6,8,11,20-28,32,34-35H2,1-5H3,(H,63,67)(H,64,72)(H,65,74)(H,66,73)(H3,61,62,76)/t41-,46+/m1/s1. The number of ether oxygens (including phenoxy) is 5. The van der Waals surface area contributed by atoms with E-state index in [1.54, 1.807) is 71.6 Å². The molecule has 24 heteroatoms. The van der Waals surface area contributed by atoms with Gasteiger partial charge in [0.25, 0.3) is 11.8 Å². The Hall–Kier alpha value is -8.51. The lowest BCUT2D eigenvalue weighted by Gasteiger charge is -2.26. The van der Waals surface area contributed by atoms with E-state index < -0.39 is 41.7 Å². The fraction of sp³-hybridized carbons (Fsp3) is 0.390. The third-order valence-electron chi connectivity index (χ3n) is 13.8. The number of aryl methyl sites for hydroxylation is 1. The number of aromatic nitrogens is 2. The number of aliphatic hydroxyl groups is 1. The fourth-order valence-electron chi connectivity index (χ4n) is 9.36. The maximum Gasteiger partial charge on any atom is 0.415 e. The summed E-state index contributed by atoms with van der Waals surface area (Å²) in [5, 5.41) is 21.9. The number of carbonyl (C=O) groups excluding carboxylic acids is 7. The van der Waals surface area contributed by atoms with Crippen molar-refractivity contribution < 1.29 is 62.4 Å². The highest BCUT2D eigenvalue weighted by Gasteiger charge is 2.37. The van der Waals surface area contributed by atoms with Crippen molar-refractivity contribution in [2.24, 2.45) is 5.73 Å². The minimum absolute atomic E-state index is 0.0131. The Morgan fingerprint density at radius 1 is 0.940 bits per heavy atom. The summed E-state index contributed by atoms with van der Waals surface area (Å²) in [7, 11) is 1.52. The van der Waals surface area contributed by atoms with Gasteiger partial charge in [-0.1, -0.05) is 30.3 Å². The van der Waals surface area contributed by atoms with Gasteiger partial charge in [0, 0.05) is 92.7 Å². The number of anilines is 3. The number of amides is 8. The Morgan fingerprint density at radius 2 is 1.71 bits per heavy atom. The van der Waals surface area contributed by atoms with Crippen LogP contribution in [0, 0.1) is 6.92 Å². The zero-order chi connectivity index (χ0) is 59.6. The van der Waals surface area contributed by atoms with Crippen LogP contribution in [0.25, 0.3) is 21.8 Å². The first-order valence-corrected chi connectivity index (χ1v) is 27.7. The average Bonchev–Trinajstić information content (AvgIpc) is 2.23. The summed E-state index contributed by atoms with van der Waals surface area (Å²) in [5.74, 6) is -0.519. The summed E-state index contributed by atoms with van der Waals surface area (Å²) in [6.45, 7) is 9.24. The number of aromatic amines is 1. The Morgan fingerprint density at radius 3 is 2.42 bits per heavy atom. The van der Waals surface area contributed by atoms with Crippen molar-refractivity contribution in [3.8, 4) is 11.5 Å². The zero-order valence-corrected chi connectivity index (χ0v) is 47.8. The highest BCUT2D eigenvalue weighted by molar-refractivity contribution is 6.19. The predicted octanol–water partition coefficient (Wildman–Crippen LogP) is 7.42. The van der Waals surface area contributed by atoms with Gasteiger partial charge in [0.05, 0.1) is 44.0 Å². The number of hydrogen-bond donors (Lipinski definition) is 7. The Balaban J connectivity index is 1.01. The van der Waals surface area contributed by atoms with Crippen LogP contribution in [-0.2, 0) is 30.4 Å². The topological polar surface area (TPSA) is 298 Å². The first kappa shape index (κ1) is 62.1. The van der Waals surface area contributed by atoms with E-state index in [-0.39, 0.29) is 94.7 Å². The molecule has 8 amide bonds. The summed E-state index contributed by atoms with van der Waals surface area (Å²) in [6.07, 6.45) is 1.80. The normalized spacial score (nSPS) is 13.2. The molecule has 23 nitrogen and oxygen atoms in total. The van der Waals surface area contributed by atoms with E-state index in [1.807, 2.05) is 45.9 Å². The lowest BCUT2D eigenvalue weighted by molar-refractivity contribution is -0.121. The van der Waals surface area contributed by atoms with Gasteiger partial charge >= 0.3 is 18.2 Å². The molecule has 0 fully saturated rings. The molecular weight excluding hydrogens is 1090 g/mol. The number of hydrogen-bond acceptors (Lipinski definition) is 14. The van der Waals surface area contributed by atoms with E-state index in [2.05, 4.69) is 31.2 Å². The monoisotopic (exact) mass is 1160 g/mol. The number of halogens is 1. The minimum atomic E-state index is -0.855. The molecule has 6 aromatic rings. The number of pyridine rings is 1. The van der Waals surface area contributed by atoms with Gasteiger partial charge in [0.15, 0.2) is 0 Å². The molecule has 0 radical (unpaired) electrons. The quantitative estimate of drug-likeness (QED) is 0.0137. The summed E-state index contributed by atoms with van der Waals surface area (Å²) in [5.41, 5.74) is 9.31. The molecule has 7 rings (SSSR count). The molecule has 0 saturated heterocycles. The molecule has 0 spiro atoms. The van der Waals surface area contributed by atoms with E-state index in [1.165, 1.54) is 23.0 Å². The van der Waals surface area contributed by atoms with Crippen LogP contribution in [0.2, 0.25) is 0 Å². The van der Waals surface area contributed by atoms with Crippen LogP contribution in [0.4, 0.5) is 31.4 Å². The third-order valence-corrected chi connectivity index (χ3v) is 14.1. The number of nitrogens with zero attached hydrogens (tertiary/aromatic N) is 4. The maximum atomic E-state index is 14.7. The number of nitrogens with one attached hydrogen (secondary N) is 5. The van der Waals surface area contributed by atoms with Crippen LogP contribution in [0.3, 0.4) is 0 Å². The summed E-state index contributed by atoms with van der Waals surface area (Å²) in [4.78, 5) is 102. The number of alkyl halides is 1.